The van der Waals surface area contributed by atoms with Gasteiger partial charge in [0.25, 0.3) is 0 Å². The Bertz CT molecular complexity index is 468. The average Bonchev–Trinajstić information content (AvgIpc) is 2.53. The fraction of sp³-hybridized carbons (Fsp3) is 0.500. The molecule has 1 saturated heterocycles. The van der Waals surface area contributed by atoms with Gasteiger partial charge in [0, 0.05) is 39.1 Å². The minimum Gasteiger partial charge on any atom is -0.339 e. The number of hydrogen-bond donors (Lipinski definition) is 1. The van der Waals surface area contributed by atoms with Crippen molar-refractivity contribution < 1.29 is 9.59 Å². The monoisotopic (exact) mass is 289 g/mol. The van der Waals surface area contributed by atoms with Crippen molar-refractivity contribution in [2.75, 3.05) is 39.8 Å². The van der Waals surface area contributed by atoms with Crippen LogP contribution in [0.3, 0.4) is 0 Å². The predicted molar refractivity (Wildman–Crippen MR) is 81.8 cm³/mol. The maximum Gasteiger partial charge on any atom is 0.227 e. The van der Waals surface area contributed by atoms with Crippen LogP contribution in [0.25, 0.3) is 0 Å². The lowest BCUT2D eigenvalue weighted by molar-refractivity contribution is -0.139. The smallest absolute Gasteiger partial charge is 0.227 e. The molecule has 2 amide bonds. The molecule has 1 aromatic rings. The molecule has 114 valence electrons. The van der Waals surface area contributed by atoms with Crippen LogP contribution in [0.5, 0.6) is 0 Å². The van der Waals surface area contributed by atoms with E-state index in [0.29, 0.717) is 45.6 Å². The van der Waals surface area contributed by atoms with Crippen LogP contribution in [0.15, 0.2) is 30.3 Å². The maximum absolute atomic E-state index is 12.2. The summed E-state index contributed by atoms with van der Waals surface area (Å²) in [7, 11) is 1.84. The van der Waals surface area contributed by atoms with Gasteiger partial charge in [0.05, 0.1) is 6.42 Å². The first kappa shape index (κ1) is 15.5. The van der Waals surface area contributed by atoms with Crippen LogP contribution in [-0.2, 0) is 16.0 Å². The summed E-state index contributed by atoms with van der Waals surface area (Å²) in [5.74, 6) is 0.308. The van der Waals surface area contributed by atoms with Crippen molar-refractivity contribution in [3.8, 4) is 0 Å². The molecule has 1 aliphatic rings. The molecule has 5 heteroatoms. The molecule has 0 aromatic heterocycles. The Hall–Kier alpha value is -1.88. The van der Waals surface area contributed by atoms with Gasteiger partial charge in [-0.25, -0.2) is 0 Å². The summed E-state index contributed by atoms with van der Waals surface area (Å²) in [5.41, 5.74) is 1.04. The first-order chi connectivity index (χ1) is 10.2. The summed E-state index contributed by atoms with van der Waals surface area (Å²) in [6.45, 7) is 3.26. The SMILES string of the molecule is CNCCC(=O)N1CCN(C(=O)Cc2ccccc2)CC1. The number of nitrogens with one attached hydrogen (secondary N) is 1. The highest BCUT2D eigenvalue weighted by Gasteiger charge is 2.23. The van der Waals surface area contributed by atoms with E-state index in [9.17, 15) is 9.59 Å². The van der Waals surface area contributed by atoms with E-state index in [1.807, 2.05) is 47.2 Å². The van der Waals surface area contributed by atoms with Crippen LogP contribution in [0.1, 0.15) is 12.0 Å². The third kappa shape index (κ3) is 4.56. The van der Waals surface area contributed by atoms with E-state index in [1.165, 1.54) is 0 Å². The van der Waals surface area contributed by atoms with Gasteiger partial charge in [-0.1, -0.05) is 30.3 Å². The molecular weight excluding hydrogens is 266 g/mol. The number of rotatable bonds is 5. The largest absolute Gasteiger partial charge is 0.339 e. The van der Waals surface area contributed by atoms with Crippen molar-refractivity contribution in [3.05, 3.63) is 35.9 Å². The number of carbonyl (C=O) groups is 2. The minimum absolute atomic E-state index is 0.142. The van der Waals surface area contributed by atoms with Gasteiger partial charge in [-0.15, -0.1) is 0 Å². The first-order valence-corrected chi connectivity index (χ1v) is 7.45. The Morgan fingerprint density at radius 1 is 1.00 bits per heavy atom. The van der Waals surface area contributed by atoms with Crippen molar-refractivity contribution in [3.63, 3.8) is 0 Å². The van der Waals surface area contributed by atoms with E-state index < -0.39 is 0 Å². The summed E-state index contributed by atoms with van der Waals surface area (Å²) in [4.78, 5) is 27.8. The first-order valence-electron chi connectivity index (χ1n) is 7.45. The quantitative estimate of drug-likeness (QED) is 0.859. The fourth-order valence-corrected chi connectivity index (χ4v) is 2.48. The minimum atomic E-state index is 0.142. The van der Waals surface area contributed by atoms with E-state index in [1.54, 1.807) is 0 Å². The molecule has 0 saturated carbocycles. The lowest BCUT2D eigenvalue weighted by atomic mass is 10.1. The van der Waals surface area contributed by atoms with Gasteiger partial charge in [0.1, 0.15) is 0 Å². The van der Waals surface area contributed by atoms with E-state index in [2.05, 4.69) is 5.32 Å². The highest BCUT2D eigenvalue weighted by Crippen LogP contribution is 2.07. The predicted octanol–water partition coefficient (Wildman–Crippen LogP) is 0.509. The van der Waals surface area contributed by atoms with E-state index in [0.717, 1.165) is 5.56 Å². The van der Waals surface area contributed by atoms with Gasteiger partial charge in [0.15, 0.2) is 0 Å². The Balaban J connectivity index is 1.78. The van der Waals surface area contributed by atoms with Gasteiger partial charge >= 0.3 is 0 Å². The molecule has 2 rings (SSSR count). The van der Waals surface area contributed by atoms with Crippen molar-refractivity contribution >= 4 is 11.8 Å². The number of benzene rings is 1. The van der Waals surface area contributed by atoms with Crippen molar-refractivity contribution in [1.29, 1.82) is 0 Å². The molecule has 1 heterocycles. The molecule has 0 atom stereocenters. The summed E-state index contributed by atoms with van der Waals surface area (Å²) >= 11 is 0. The van der Waals surface area contributed by atoms with Crippen molar-refractivity contribution in [1.82, 2.24) is 15.1 Å². The molecule has 1 aliphatic heterocycles. The summed E-state index contributed by atoms with van der Waals surface area (Å²) in [6, 6.07) is 9.77. The zero-order chi connectivity index (χ0) is 15.1. The van der Waals surface area contributed by atoms with Crippen LogP contribution in [0, 0.1) is 0 Å². The normalized spacial score (nSPS) is 15.1. The molecule has 1 N–H and O–H groups in total. The molecule has 21 heavy (non-hydrogen) atoms. The number of amides is 2. The van der Waals surface area contributed by atoms with Crippen LogP contribution < -0.4 is 5.32 Å². The van der Waals surface area contributed by atoms with Gasteiger partial charge in [-0.05, 0) is 12.6 Å². The number of nitrogens with zero attached hydrogens (tertiary/aromatic N) is 2. The average molecular weight is 289 g/mol. The molecule has 0 spiro atoms. The van der Waals surface area contributed by atoms with Crippen LogP contribution >= 0.6 is 0 Å². The van der Waals surface area contributed by atoms with Crippen LogP contribution in [0.2, 0.25) is 0 Å². The number of carbonyl (C=O) groups excluding carboxylic acids is 2. The second kappa shape index (κ2) is 7.78. The van der Waals surface area contributed by atoms with Gasteiger partial charge in [-0.3, -0.25) is 9.59 Å². The molecule has 5 nitrogen and oxygen atoms in total. The maximum atomic E-state index is 12.2. The summed E-state index contributed by atoms with van der Waals surface area (Å²) in [6.07, 6.45) is 0.961. The Morgan fingerprint density at radius 2 is 1.57 bits per heavy atom. The van der Waals surface area contributed by atoms with Gasteiger partial charge < -0.3 is 15.1 Å². The van der Waals surface area contributed by atoms with Crippen LogP contribution in [-0.4, -0.2) is 61.4 Å². The molecule has 0 unspecified atom stereocenters. The Labute approximate surface area is 125 Å². The molecular formula is C16H23N3O2. The number of hydrogen-bond acceptors (Lipinski definition) is 3. The zero-order valence-corrected chi connectivity index (χ0v) is 12.5. The van der Waals surface area contributed by atoms with Gasteiger partial charge in [0.2, 0.25) is 11.8 Å². The van der Waals surface area contributed by atoms with Crippen LogP contribution in [0.4, 0.5) is 0 Å². The molecule has 1 fully saturated rings. The standard InChI is InChI=1S/C16H23N3O2/c1-17-8-7-15(20)18-9-11-19(12-10-18)16(21)13-14-5-3-2-4-6-14/h2-6,17H,7-13H2,1H3. The lowest BCUT2D eigenvalue weighted by Crippen LogP contribution is -2.51. The zero-order valence-electron chi connectivity index (χ0n) is 12.5. The molecule has 1 aromatic carbocycles. The summed E-state index contributed by atoms with van der Waals surface area (Å²) < 4.78 is 0. The number of piperazine rings is 1. The van der Waals surface area contributed by atoms with E-state index in [4.69, 9.17) is 0 Å². The lowest BCUT2D eigenvalue weighted by Gasteiger charge is -2.35. The second-order valence-corrected chi connectivity index (χ2v) is 5.28. The molecule has 0 bridgehead atoms. The van der Waals surface area contributed by atoms with Crippen molar-refractivity contribution in [2.45, 2.75) is 12.8 Å². The highest BCUT2D eigenvalue weighted by atomic mass is 16.2. The third-order valence-corrected chi connectivity index (χ3v) is 3.77. The third-order valence-electron chi connectivity index (χ3n) is 3.77. The molecule has 0 aliphatic carbocycles. The van der Waals surface area contributed by atoms with E-state index in [-0.39, 0.29) is 11.8 Å². The second-order valence-electron chi connectivity index (χ2n) is 5.28. The molecule has 0 radical (unpaired) electrons. The van der Waals surface area contributed by atoms with Gasteiger partial charge in [-0.2, -0.15) is 0 Å². The Morgan fingerprint density at radius 3 is 2.14 bits per heavy atom. The topological polar surface area (TPSA) is 52.7 Å². The van der Waals surface area contributed by atoms with Crippen molar-refractivity contribution in [2.24, 2.45) is 0 Å². The van der Waals surface area contributed by atoms with E-state index >= 15 is 0 Å². The summed E-state index contributed by atoms with van der Waals surface area (Å²) in [5, 5.41) is 2.98. The highest BCUT2D eigenvalue weighted by molar-refractivity contribution is 5.80. The fourth-order valence-electron chi connectivity index (χ4n) is 2.48. The Kier molecular flexibility index (Phi) is 5.75.